The molecule has 0 bridgehead atoms. The van der Waals surface area contributed by atoms with Gasteiger partial charge in [-0.05, 0) is 55.2 Å². The number of carbonyl (C=O) groups is 2. The Morgan fingerprint density at radius 1 is 1.11 bits per heavy atom. The van der Waals surface area contributed by atoms with Crippen LogP contribution in [0.25, 0.3) is 0 Å². The van der Waals surface area contributed by atoms with Gasteiger partial charge in [-0.25, -0.2) is 4.39 Å². The van der Waals surface area contributed by atoms with E-state index in [1.54, 1.807) is 29.2 Å². The van der Waals surface area contributed by atoms with Crippen LogP contribution in [0.3, 0.4) is 0 Å². The van der Waals surface area contributed by atoms with E-state index < -0.39 is 5.92 Å². The van der Waals surface area contributed by atoms with Crippen LogP contribution in [0.2, 0.25) is 5.02 Å². The number of halogens is 2. The minimum Gasteiger partial charge on any atom is -0.294 e. The number of hydrogen-bond donors (Lipinski definition) is 0. The van der Waals surface area contributed by atoms with Crippen molar-refractivity contribution in [3.63, 3.8) is 0 Å². The predicted octanol–water partition coefficient (Wildman–Crippen LogP) is 5.32. The van der Waals surface area contributed by atoms with Crippen molar-refractivity contribution >= 4 is 29.0 Å². The summed E-state index contributed by atoms with van der Waals surface area (Å²) in [7, 11) is 0. The maximum absolute atomic E-state index is 13.8. The summed E-state index contributed by atoms with van der Waals surface area (Å²) in [5, 5.41) is 0.542. The quantitative estimate of drug-likeness (QED) is 0.704. The van der Waals surface area contributed by atoms with Crippen LogP contribution in [0.1, 0.15) is 42.7 Å². The highest BCUT2D eigenvalue weighted by Gasteiger charge is 2.40. The second kappa shape index (κ2) is 6.93. The normalized spacial score (nSPS) is 20.1. The molecule has 0 fully saturated rings. The lowest BCUT2D eigenvalue weighted by atomic mass is 9.77. The monoisotopic (exact) mass is 383 g/mol. The molecule has 2 aliphatic rings. The van der Waals surface area contributed by atoms with Crippen LogP contribution >= 0.6 is 11.6 Å². The number of nitrogens with zero attached hydrogens (tertiary/aromatic N) is 1. The Morgan fingerprint density at radius 2 is 1.93 bits per heavy atom. The van der Waals surface area contributed by atoms with Crippen molar-refractivity contribution in [2.45, 2.75) is 38.5 Å². The predicted molar refractivity (Wildman–Crippen MR) is 103 cm³/mol. The molecule has 1 aliphatic heterocycles. The van der Waals surface area contributed by atoms with Crippen LogP contribution in [-0.2, 0) is 9.59 Å². The molecule has 0 radical (unpaired) electrons. The topological polar surface area (TPSA) is 37.4 Å². The lowest BCUT2D eigenvalue weighted by molar-refractivity contribution is -0.119. The second-order valence-corrected chi connectivity index (χ2v) is 7.55. The Kier molecular flexibility index (Phi) is 4.60. The third-order valence-electron chi connectivity index (χ3n) is 5.34. The zero-order valence-electron chi connectivity index (χ0n) is 15.0. The molecule has 0 saturated carbocycles. The Hall–Kier alpha value is -2.46. The van der Waals surface area contributed by atoms with Crippen molar-refractivity contribution in [1.29, 1.82) is 0 Å². The first kappa shape index (κ1) is 17.9. The van der Waals surface area contributed by atoms with Gasteiger partial charge in [-0.3, -0.25) is 14.5 Å². The largest absolute Gasteiger partial charge is 0.294 e. The number of allylic oxidation sites excluding steroid dienone is 2. The van der Waals surface area contributed by atoms with Crippen LogP contribution in [0.5, 0.6) is 0 Å². The first-order valence-electron chi connectivity index (χ1n) is 9.06. The number of carbonyl (C=O) groups excluding carboxylic acids is 2. The summed E-state index contributed by atoms with van der Waals surface area (Å²) >= 11 is 6.17. The summed E-state index contributed by atoms with van der Waals surface area (Å²) in [5.41, 5.74) is 3.69. The van der Waals surface area contributed by atoms with E-state index in [1.807, 2.05) is 13.0 Å². The van der Waals surface area contributed by atoms with Crippen molar-refractivity contribution < 1.29 is 14.0 Å². The van der Waals surface area contributed by atoms with Gasteiger partial charge in [-0.2, -0.15) is 0 Å². The van der Waals surface area contributed by atoms with Gasteiger partial charge in [0.15, 0.2) is 5.78 Å². The fourth-order valence-corrected chi connectivity index (χ4v) is 4.27. The van der Waals surface area contributed by atoms with Gasteiger partial charge in [-0.15, -0.1) is 0 Å². The summed E-state index contributed by atoms with van der Waals surface area (Å²) in [5.74, 6) is -0.809. The van der Waals surface area contributed by atoms with Gasteiger partial charge in [0.05, 0.1) is 5.69 Å². The van der Waals surface area contributed by atoms with E-state index in [0.29, 0.717) is 41.1 Å². The number of amides is 1. The van der Waals surface area contributed by atoms with Gasteiger partial charge in [-0.1, -0.05) is 29.8 Å². The Morgan fingerprint density at radius 3 is 2.70 bits per heavy atom. The number of aryl methyl sites for hydroxylation is 1. The molecule has 0 spiro atoms. The number of hydrogen-bond acceptors (Lipinski definition) is 2. The van der Waals surface area contributed by atoms with Crippen molar-refractivity contribution in [1.82, 2.24) is 0 Å². The van der Waals surface area contributed by atoms with E-state index in [4.69, 9.17) is 11.6 Å². The smallest absolute Gasteiger partial charge is 0.232 e. The maximum Gasteiger partial charge on any atom is 0.232 e. The molecule has 1 unspecified atom stereocenters. The van der Waals surface area contributed by atoms with Gasteiger partial charge in [0.2, 0.25) is 5.91 Å². The van der Waals surface area contributed by atoms with Crippen LogP contribution < -0.4 is 4.90 Å². The molecule has 3 nitrogen and oxygen atoms in total. The highest BCUT2D eigenvalue weighted by Crippen LogP contribution is 2.44. The fraction of sp³-hybridized carbons (Fsp3) is 0.273. The van der Waals surface area contributed by atoms with Crippen molar-refractivity contribution in [3.8, 4) is 0 Å². The fourth-order valence-electron chi connectivity index (χ4n) is 4.10. The first-order chi connectivity index (χ1) is 13.0. The molecule has 2 aromatic carbocycles. The minimum atomic E-state index is -0.397. The van der Waals surface area contributed by atoms with E-state index in [-0.39, 0.29) is 23.9 Å². The van der Waals surface area contributed by atoms with E-state index >= 15 is 0 Å². The van der Waals surface area contributed by atoms with Crippen molar-refractivity contribution in [3.05, 3.63) is 75.7 Å². The minimum absolute atomic E-state index is 0.0442. The molecular weight excluding hydrogens is 365 g/mol. The maximum atomic E-state index is 13.8. The van der Waals surface area contributed by atoms with Gasteiger partial charge < -0.3 is 0 Å². The van der Waals surface area contributed by atoms with Crippen LogP contribution in [0, 0.1) is 12.7 Å². The molecule has 2 aromatic rings. The summed E-state index contributed by atoms with van der Waals surface area (Å²) in [4.78, 5) is 27.6. The van der Waals surface area contributed by atoms with Crippen LogP contribution in [-0.4, -0.2) is 11.7 Å². The van der Waals surface area contributed by atoms with Gasteiger partial charge in [0, 0.05) is 35.1 Å². The molecular formula is C22H19ClFNO2. The number of anilines is 1. The van der Waals surface area contributed by atoms with E-state index in [1.165, 1.54) is 12.1 Å². The third kappa shape index (κ3) is 3.19. The molecule has 1 amide bonds. The Balaban J connectivity index is 1.90. The lowest BCUT2D eigenvalue weighted by Gasteiger charge is -2.39. The van der Waals surface area contributed by atoms with E-state index in [9.17, 15) is 14.0 Å². The van der Waals surface area contributed by atoms with Gasteiger partial charge >= 0.3 is 0 Å². The summed E-state index contributed by atoms with van der Waals surface area (Å²) in [6.45, 7) is 1.92. The molecule has 4 rings (SSSR count). The number of benzene rings is 2. The molecule has 1 atom stereocenters. The molecule has 0 aromatic heterocycles. The SMILES string of the molecule is Cc1ccc(Cl)cc1N1C(=O)CC(c2cccc(F)c2)C2=C1CCCC2=O. The average Bonchev–Trinajstić information content (AvgIpc) is 2.63. The third-order valence-corrected chi connectivity index (χ3v) is 5.57. The zero-order chi connectivity index (χ0) is 19.1. The van der Waals surface area contributed by atoms with Crippen molar-refractivity contribution in [2.24, 2.45) is 0 Å². The molecule has 1 aliphatic carbocycles. The van der Waals surface area contributed by atoms with E-state index in [0.717, 1.165) is 11.3 Å². The summed E-state index contributed by atoms with van der Waals surface area (Å²) in [6.07, 6.45) is 1.95. The van der Waals surface area contributed by atoms with Gasteiger partial charge in [0.1, 0.15) is 5.82 Å². The summed E-state index contributed by atoms with van der Waals surface area (Å²) in [6, 6.07) is 11.6. The zero-order valence-corrected chi connectivity index (χ0v) is 15.7. The standard InChI is InChI=1S/C22H19ClFNO2/c1-13-8-9-15(23)11-19(13)25-18-6-3-7-20(26)22(18)17(12-21(25)27)14-4-2-5-16(24)10-14/h2,4-5,8-11,17H,3,6-7,12H2,1H3. The molecule has 27 heavy (non-hydrogen) atoms. The van der Waals surface area contributed by atoms with Crippen molar-refractivity contribution in [2.75, 3.05) is 4.90 Å². The number of rotatable bonds is 2. The number of ketones is 1. The Labute approximate surface area is 162 Å². The number of Topliss-reactive ketones (excluding diaryl/α,β-unsaturated/α-hetero) is 1. The first-order valence-corrected chi connectivity index (χ1v) is 9.44. The lowest BCUT2D eigenvalue weighted by Crippen LogP contribution is -2.40. The van der Waals surface area contributed by atoms with Crippen LogP contribution in [0.15, 0.2) is 53.7 Å². The van der Waals surface area contributed by atoms with E-state index in [2.05, 4.69) is 0 Å². The summed E-state index contributed by atoms with van der Waals surface area (Å²) < 4.78 is 13.8. The average molecular weight is 384 g/mol. The molecule has 138 valence electrons. The molecule has 0 N–H and O–H groups in total. The molecule has 0 saturated heterocycles. The van der Waals surface area contributed by atoms with Gasteiger partial charge in [0.25, 0.3) is 0 Å². The highest BCUT2D eigenvalue weighted by molar-refractivity contribution is 6.31. The molecule has 1 heterocycles. The van der Waals surface area contributed by atoms with Crippen LogP contribution in [0.4, 0.5) is 10.1 Å². The molecule has 5 heteroatoms. The second-order valence-electron chi connectivity index (χ2n) is 7.11. The Bertz CT molecular complexity index is 982. The highest BCUT2D eigenvalue weighted by atomic mass is 35.5.